The van der Waals surface area contributed by atoms with Crippen LogP contribution < -0.4 is 0 Å². The fourth-order valence-corrected chi connectivity index (χ4v) is 2.10. The van der Waals surface area contributed by atoms with E-state index >= 15 is 0 Å². The first-order valence-corrected chi connectivity index (χ1v) is 4.95. The number of benzene rings is 1. The van der Waals surface area contributed by atoms with E-state index in [0.29, 0.717) is 5.78 Å². The van der Waals surface area contributed by atoms with E-state index in [9.17, 15) is 4.79 Å². The first-order chi connectivity index (χ1) is 6.33. The van der Waals surface area contributed by atoms with E-state index in [1.807, 2.05) is 18.2 Å². The van der Waals surface area contributed by atoms with Crippen molar-refractivity contribution in [1.29, 1.82) is 0 Å². The van der Waals surface area contributed by atoms with Crippen LogP contribution in [0.25, 0.3) is 0 Å². The van der Waals surface area contributed by atoms with E-state index in [-0.39, 0.29) is 5.92 Å². The van der Waals surface area contributed by atoms with Crippen molar-refractivity contribution in [3.63, 3.8) is 0 Å². The van der Waals surface area contributed by atoms with Gasteiger partial charge in [0.25, 0.3) is 0 Å². The van der Waals surface area contributed by atoms with Crippen LogP contribution in [0.3, 0.4) is 0 Å². The largest absolute Gasteiger partial charge is 0.294 e. The summed E-state index contributed by atoms with van der Waals surface area (Å²) in [4.78, 5) is 11.8. The Bertz CT molecular complexity index is 328. The van der Waals surface area contributed by atoms with Gasteiger partial charge in [-0.2, -0.15) is 0 Å². The van der Waals surface area contributed by atoms with Gasteiger partial charge >= 0.3 is 0 Å². The van der Waals surface area contributed by atoms with Gasteiger partial charge in [0.15, 0.2) is 5.78 Å². The fraction of sp³-hybridized carbons (Fsp3) is 0.417. The highest BCUT2D eigenvalue weighted by atomic mass is 16.1. The first kappa shape index (κ1) is 8.49. The molecule has 0 amide bonds. The van der Waals surface area contributed by atoms with Crippen LogP contribution in [-0.4, -0.2) is 5.78 Å². The zero-order valence-electron chi connectivity index (χ0n) is 7.92. The highest BCUT2D eigenvalue weighted by Crippen LogP contribution is 2.29. The molecule has 1 atom stereocenters. The molecular weight excluding hydrogens is 160 g/mol. The first-order valence-electron chi connectivity index (χ1n) is 4.95. The van der Waals surface area contributed by atoms with Crippen LogP contribution in [0.4, 0.5) is 0 Å². The lowest BCUT2D eigenvalue weighted by molar-refractivity contribution is 0.0930. The Balaban J connectivity index is 2.28. The Morgan fingerprint density at radius 3 is 2.85 bits per heavy atom. The average molecular weight is 174 g/mol. The number of carbonyl (C=O) groups is 1. The lowest BCUT2D eigenvalue weighted by Crippen LogP contribution is -2.07. The Morgan fingerprint density at radius 1 is 1.38 bits per heavy atom. The molecule has 1 aliphatic rings. The van der Waals surface area contributed by atoms with Gasteiger partial charge in [-0.15, -0.1) is 0 Å². The minimum atomic E-state index is 0.266. The molecule has 0 saturated heterocycles. The third kappa shape index (κ3) is 1.39. The molecule has 0 N–H and O–H groups in total. The molecule has 0 radical (unpaired) electrons. The summed E-state index contributed by atoms with van der Waals surface area (Å²) in [6.07, 6.45) is 3.10. The minimum absolute atomic E-state index is 0.266. The van der Waals surface area contributed by atoms with Crippen molar-refractivity contribution in [2.75, 3.05) is 0 Å². The second-order valence-electron chi connectivity index (χ2n) is 3.71. The van der Waals surface area contributed by atoms with Gasteiger partial charge in [-0.05, 0) is 18.4 Å². The summed E-state index contributed by atoms with van der Waals surface area (Å²) in [6.45, 7) is 2.14. The SMILES string of the molecule is CCCC1Cc2ccccc2C1=O. The number of rotatable bonds is 2. The van der Waals surface area contributed by atoms with Gasteiger partial charge in [0.2, 0.25) is 0 Å². The molecule has 1 aromatic rings. The molecule has 0 saturated carbocycles. The molecule has 0 spiro atoms. The van der Waals surface area contributed by atoms with Crippen LogP contribution >= 0.6 is 0 Å². The van der Waals surface area contributed by atoms with Gasteiger partial charge in [-0.1, -0.05) is 37.6 Å². The van der Waals surface area contributed by atoms with Crippen LogP contribution in [0.2, 0.25) is 0 Å². The molecule has 1 nitrogen and oxygen atoms in total. The monoisotopic (exact) mass is 174 g/mol. The molecule has 1 unspecified atom stereocenters. The molecule has 0 heterocycles. The number of ketones is 1. The van der Waals surface area contributed by atoms with E-state index in [0.717, 1.165) is 24.8 Å². The normalized spacial score (nSPS) is 20.4. The topological polar surface area (TPSA) is 17.1 Å². The molecule has 1 aliphatic carbocycles. The average Bonchev–Trinajstić information content (AvgIpc) is 2.46. The molecule has 0 bridgehead atoms. The van der Waals surface area contributed by atoms with Gasteiger partial charge in [0, 0.05) is 11.5 Å². The van der Waals surface area contributed by atoms with E-state index in [1.54, 1.807) is 0 Å². The summed E-state index contributed by atoms with van der Waals surface area (Å²) in [5.41, 5.74) is 2.20. The lowest BCUT2D eigenvalue weighted by atomic mass is 10.00. The van der Waals surface area contributed by atoms with Gasteiger partial charge in [-0.3, -0.25) is 4.79 Å². The summed E-state index contributed by atoms with van der Waals surface area (Å²) >= 11 is 0. The van der Waals surface area contributed by atoms with Crippen molar-refractivity contribution in [2.24, 2.45) is 5.92 Å². The summed E-state index contributed by atoms with van der Waals surface area (Å²) in [5.74, 6) is 0.625. The van der Waals surface area contributed by atoms with Crippen molar-refractivity contribution in [3.8, 4) is 0 Å². The standard InChI is InChI=1S/C12H14O/c1-2-5-10-8-9-6-3-4-7-11(9)12(10)13/h3-4,6-7,10H,2,5,8H2,1H3. The number of carbonyl (C=O) groups excluding carboxylic acids is 1. The van der Waals surface area contributed by atoms with Crippen molar-refractivity contribution in [2.45, 2.75) is 26.2 Å². The number of hydrogen-bond acceptors (Lipinski definition) is 1. The number of hydrogen-bond donors (Lipinski definition) is 0. The predicted molar refractivity (Wildman–Crippen MR) is 52.9 cm³/mol. The maximum Gasteiger partial charge on any atom is 0.166 e. The highest BCUT2D eigenvalue weighted by molar-refractivity contribution is 6.02. The number of Topliss-reactive ketones (excluding diaryl/α,β-unsaturated/α-hetero) is 1. The van der Waals surface area contributed by atoms with Gasteiger partial charge in [0.1, 0.15) is 0 Å². The lowest BCUT2D eigenvalue weighted by Gasteiger charge is -2.03. The minimum Gasteiger partial charge on any atom is -0.294 e. The third-order valence-electron chi connectivity index (χ3n) is 2.76. The molecular formula is C12H14O. The fourth-order valence-electron chi connectivity index (χ4n) is 2.10. The van der Waals surface area contributed by atoms with E-state index < -0.39 is 0 Å². The Kier molecular flexibility index (Phi) is 2.17. The predicted octanol–water partition coefficient (Wildman–Crippen LogP) is 2.84. The van der Waals surface area contributed by atoms with Crippen molar-refractivity contribution in [1.82, 2.24) is 0 Å². The second-order valence-corrected chi connectivity index (χ2v) is 3.71. The summed E-state index contributed by atoms with van der Waals surface area (Å²) in [5, 5.41) is 0. The van der Waals surface area contributed by atoms with Crippen LogP contribution in [-0.2, 0) is 6.42 Å². The van der Waals surface area contributed by atoms with Crippen molar-refractivity contribution in [3.05, 3.63) is 35.4 Å². The molecule has 0 aromatic heterocycles. The highest BCUT2D eigenvalue weighted by Gasteiger charge is 2.28. The summed E-state index contributed by atoms with van der Waals surface area (Å²) < 4.78 is 0. The zero-order valence-corrected chi connectivity index (χ0v) is 7.92. The molecule has 1 aromatic carbocycles. The van der Waals surface area contributed by atoms with E-state index in [4.69, 9.17) is 0 Å². The van der Waals surface area contributed by atoms with Crippen molar-refractivity contribution < 1.29 is 4.79 Å². The van der Waals surface area contributed by atoms with Gasteiger partial charge < -0.3 is 0 Å². The van der Waals surface area contributed by atoms with Gasteiger partial charge in [0.05, 0.1) is 0 Å². The van der Waals surface area contributed by atoms with Crippen LogP contribution in [0.1, 0.15) is 35.7 Å². The molecule has 68 valence electrons. The van der Waals surface area contributed by atoms with Crippen LogP contribution in [0.15, 0.2) is 24.3 Å². The molecule has 13 heavy (non-hydrogen) atoms. The zero-order chi connectivity index (χ0) is 9.26. The van der Waals surface area contributed by atoms with Crippen LogP contribution in [0.5, 0.6) is 0 Å². The Labute approximate surface area is 78.8 Å². The summed E-state index contributed by atoms with van der Waals surface area (Å²) in [7, 11) is 0. The van der Waals surface area contributed by atoms with Gasteiger partial charge in [-0.25, -0.2) is 0 Å². The molecule has 2 rings (SSSR count). The Morgan fingerprint density at radius 2 is 2.15 bits per heavy atom. The van der Waals surface area contributed by atoms with Crippen LogP contribution in [0, 0.1) is 5.92 Å². The molecule has 0 fully saturated rings. The third-order valence-corrected chi connectivity index (χ3v) is 2.76. The molecule has 1 heteroatoms. The summed E-state index contributed by atoms with van der Waals surface area (Å²) in [6, 6.07) is 7.99. The quantitative estimate of drug-likeness (QED) is 0.673. The van der Waals surface area contributed by atoms with E-state index in [1.165, 1.54) is 5.56 Å². The Hall–Kier alpha value is -1.11. The maximum absolute atomic E-state index is 11.8. The number of fused-ring (bicyclic) bond motifs is 1. The second kappa shape index (κ2) is 3.33. The molecule has 0 aliphatic heterocycles. The van der Waals surface area contributed by atoms with E-state index in [2.05, 4.69) is 13.0 Å². The smallest absolute Gasteiger partial charge is 0.166 e. The van der Waals surface area contributed by atoms with Crippen molar-refractivity contribution >= 4 is 5.78 Å². The maximum atomic E-state index is 11.8.